The first-order valence-electron chi connectivity index (χ1n) is 7.92. The molecule has 0 aliphatic rings. The Morgan fingerprint density at radius 1 is 1.18 bits per heavy atom. The van der Waals surface area contributed by atoms with Gasteiger partial charge in [0.15, 0.2) is 0 Å². The quantitative estimate of drug-likeness (QED) is 0.789. The summed E-state index contributed by atoms with van der Waals surface area (Å²) in [6.07, 6.45) is 1.75. The fourth-order valence-corrected chi connectivity index (χ4v) is 2.81. The lowest BCUT2D eigenvalue weighted by molar-refractivity contribution is -0.149. The molecule has 2 atom stereocenters. The van der Waals surface area contributed by atoms with Gasteiger partial charge in [-0.25, -0.2) is 0 Å². The number of aliphatic hydroxyl groups is 1. The average Bonchev–Trinajstić information content (AvgIpc) is 2.56. The number of rotatable bonds is 7. The van der Waals surface area contributed by atoms with E-state index in [9.17, 15) is 4.79 Å². The molecular formula is C19H24O3. The molecule has 0 saturated carbocycles. The lowest BCUT2D eigenvalue weighted by Crippen LogP contribution is -2.19. The Kier molecular flexibility index (Phi) is 5.96. The van der Waals surface area contributed by atoms with Crippen LogP contribution in [0.15, 0.2) is 42.5 Å². The van der Waals surface area contributed by atoms with Gasteiger partial charge in [-0.3, -0.25) is 4.79 Å². The normalized spacial score (nSPS) is 13.8. The van der Waals surface area contributed by atoms with Crippen molar-refractivity contribution in [3.8, 4) is 0 Å². The maximum atomic E-state index is 11.9. The highest BCUT2D eigenvalue weighted by Crippen LogP contribution is 2.29. The van der Waals surface area contributed by atoms with E-state index in [4.69, 9.17) is 9.84 Å². The minimum Gasteiger partial charge on any atom is -0.463 e. The van der Waals surface area contributed by atoms with Crippen LogP contribution in [0.4, 0.5) is 0 Å². The van der Waals surface area contributed by atoms with Gasteiger partial charge in [-0.15, -0.1) is 0 Å². The highest BCUT2D eigenvalue weighted by atomic mass is 16.5. The molecule has 3 heteroatoms. The molecule has 0 heterocycles. The molecule has 0 saturated heterocycles. The molecule has 0 aliphatic heterocycles. The first-order chi connectivity index (χ1) is 10.7. The Hall–Kier alpha value is -1.87. The summed E-state index contributed by atoms with van der Waals surface area (Å²) in [5, 5.41) is 11.2. The second-order valence-corrected chi connectivity index (χ2v) is 5.74. The lowest BCUT2D eigenvalue weighted by atomic mass is 9.87. The first-order valence-corrected chi connectivity index (χ1v) is 7.92. The van der Waals surface area contributed by atoms with Crippen molar-refractivity contribution in [1.82, 2.24) is 0 Å². The summed E-state index contributed by atoms with van der Waals surface area (Å²) in [5.74, 6) is -0.0578. The molecular weight excluding hydrogens is 276 g/mol. The zero-order valence-electron chi connectivity index (χ0n) is 13.3. The van der Waals surface area contributed by atoms with Gasteiger partial charge < -0.3 is 9.84 Å². The van der Waals surface area contributed by atoms with Gasteiger partial charge in [-0.05, 0) is 35.1 Å². The van der Waals surface area contributed by atoms with Crippen molar-refractivity contribution in [3.63, 3.8) is 0 Å². The van der Waals surface area contributed by atoms with Crippen molar-refractivity contribution >= 4 is 16.7 Å². The second-order valence-electron chi connectivity index (χ2n) is 5.74. The number of esters is 1. The molecule has 0 aromatic heterocycles. The largest absolute Gasteiger partial charge is 0.463 e. The van der Waals surface area contributed by atoms with Crippen LogP contribution in [0.3, 0.4) is 0 Å². The van der Waals surface area contributed by atoms with Crippen molar-refractivity contribution < 1.29 is 14.6 Å². The van der Waals surface area contributed by atoms with E-state index in [1.54, 1.807) is 0 Å². The molecule has 0 bridgehead atoms. The van der Waals surface area contributed by atoms with Crippen molar-refractivity contribution in [3.05, 3.63) is 48.0 Å². The predicted octanol–water partition coefficient (Wildman–Crippen LogP) is 3.90. The van der Waals surface area contributed by atoms with Crippen LogP contribution in [-0.4, -0.2) is 24.3 Å². The Bertz CT molecular complexity index is 621. The minimum atomic E-state index is -0.228. The summed E-state index contributed by atoms with van der Waals surface area (Å²) < 4.78 is 5.02. The van der Waals surface area contributed by atoms with Crippen LogP contribution >= 0.6 is 0 Å². The number of carbonyl (C=O) groups excluding carboxylic acids is 1. The smallest absolute Gasteiger partial charge is 0.308 e. The number of aliphatic hydroxyl groups excluding tert-OH is 1. The van der Waals surface area contributed by atoms with E-state index in [1.807, 2.05) is 19.1 Å². The lowest BCUT2D eigenvalue weighted by Gasteiger charge is -2.19. The molecule has 2 aromatic carbocycles. The third-order valence-corrected chi connectivity index (χ3v) is 4.11. The standard InChI is InChI=1S/C19H24O3/c1-3-15(12-14(2)19(21)22-11-10-20)18-9-8-16-6-4-5-7-17(16)13-18/h4-9,13-15,20H,3,10-12H2,1-2H3. The monoisotopic (exact) mass is 300 g/mol. The fraction of sp³-hybridized carbons (Fsp3) is 0.421. The molecule has 1 N–H and O–H groups in total. The van der Waals surface area contributed by atoms with Crippen LogP contribution in [0, 0.1) is 5.92 Å². The van der Waals surface area contributed by atoms with Crippen LogP contribution < -0.4 is 0 Å². The van der Waals surface area contributed by atoms with Crippen molar-refractivity contribution in [1.29, 1.82) is 0 Å². The van der Waals surface area contributed by atoms with Gasteiger partial charge in [0.05, 0.1) is 12.5 Å². The molecule has 0 aliphatic carbocycles. The summed E-state index contributed by atoms with van der Waals surface area (Å²) in [6, 6.07) is 14.8. The van der Waals surface area contributed by atoms with E-state index in [1.165, 1.54) is 16.3 Å². The molecule has 0 radical (unpaired) electrons. The summed E-state index contributed by atoms with van der Waals surface area (Å²) in [4.78, 5) is 11.9. The predicted molar refractivity (Wildman–Crippen MR) is 88.8 cm³/mol. The van der Waals surface area contributed by atoms with Crippen LogP contribution in [0.25, 0.3) is 10.8 Å². The van der Waals surface area contributed by atoms with E-state index in [0.717, 1.165) is 12.8 Å². The van der Waals surface area contributed by atoms with E-state index in [-0.39, 0.29) is 25.1 Å². The van der Waals surface area contributed by atoms with Crippen molar-refractivity contribution in [2.45, 2.75) is 32.6 Å². The van der Waals surface area contributed by atoms with Crippen molar-refractivity contribution in [2.24, 2.45) is 5.92 Å². The molecule has 2 unspecified atom stereocenters. The maximum Gasteiger partial charge on any atom is 0.308 e. The van der Waals surface area contributed by atoms with Gasteiger partial charge in [-0.1, -0.05) is 56.3 Å². The van der Waals surface area contributed by atoms with Gasteiger partial charge in [0.25, 0.3) is 0 Å². The molecule has 0 amide bonds. The Labute approximate surface area is 131 Å². The number of hydrogen-bond donors (Lipinski definition) is 1. The number of benzene rings is 2. The van der Waals surface area contributed by atoms with Gasteiger partial charge in [0, 0.05) is 0 Å². The third kappa shape index (κ3) is 4.08. The molecule has 3 nitrogen and oxygen atoms in total. The Morgan fingerprint density at radius 3 is 2.59 bits per heavy atom. The third-order valence-electron chi connectivity index (χ3n) is 4.11. The maximum absolute atomic E-state index is 11.9. The minimum absolute atomic E-state index is 0.0793. The second kappa shape index (κ2) is 7.95. The Morgan fingerprint density at radius 2 is 1.91 bits per heavy atom. The number of ether oxygens (including phenoxy) is 1. The van der Waals surface area contributed by atoms with Crippen LogP contribution in [0.5, 0.6) is 0 Å². The molecule has 2 rings (SSSR count). The van der Waals surface area contributed by atoms with Crippen molar-refractivity contribution in [2.75, 3.05) is 13.2 Å². The molecule has 2 aromatic rings. The Balaban J connectivity index is 2.10. The van der Waals surface area contributed by atoms with Crippen LogP contribution in [0.1, 0.15) is 38.2 Å². The van der Waals surface area contributed by atoms with E-state index >= 15 is 0 Å². The first kappa shape index (κ1) is 16.5. The summed E-state index contributed by atoms with van der Waals surface area (Å²) in [6.45, 7) is 3.99. The van der Waals surface area contributed by atoms with Crippen LogP contribution in [-0.2, 0) is 9.53 Å². The van der Waals surface area contributed by atoms with Gasteiger partial charge in [0.2, 0.25) is 0 Å². The molecule has 0 fully saturated rings. The van der Waals surface area contributed by atoms with E-state index in [0.29, 0.717) is 5.92 Å². The van der Waals surface area contributed by atoms with E-state index < -0.39 is 0 Å². The molecule has 22 heavy (non-hydrogen) atoms. The zero-order chi connectivity index (χ0) is 15.9. The molecule has 0 spiro atoms. The topological polar surface area (TPSA) is 46.5 Å². The summed E-state index contributed by atoms with van der Waals surface area (Å²) >= 11 is 0. The highest BCUT2D eigenvalue weighted by Gasteiger charge is 2.20. The zero-order valence-corrected chi connectivity index (χ0v) is 13.3. The number of fused-ring (bicyclic) bond motifs is 1. The number of carbonyl (C=O) groups is 1. The fourth-order valence-electron chi connectivity index (χ4n) is 2.81. The van der Waals surface area contributed by atoms with E-state index in [2.05, 4.69) is 37.3 Å². The van der Waals surface area contributed by atoms with Crippen LogP contribution in [0.2, 0.25) is 0 Å². The number of hydrogen-bond acceptors (Lipinski definition) is 3. The van der Waals surface area contributed by atoms with Gasteiger partial charge >= 0.3 is 5.97 Å². The SMILES string of the molecule is CCC(CC(C)C(=O)OCCO)c1ccc2ccccc2c1. The molecule has 118 valence electrons. The highest BCUT2D eigenvalue weighted by molar-refractivity contribution is 5.83. The summed E-state index contributed by atoms with van der Waals surface area (Å²) in [7, 11) is 0. The average molecular weight is 300 g/mol. The van der Waals surface area contributed by atoms with Gasteiger partial charge in [-0.2, -0.15) is 0 Å². The van der Waals surface area contributed by atoms with Gasteiger partial charge in [0.1, 0.15) is 6.61 Å². The summed E-state index contributed by atoms with van der Waals surface area (Å²) in [5.41, 5.74) is 1.27.